The molecule has 3 aromatic carbocycles. The normalized spacial score (nSPS) is 16.4. The average Bonchev–Trinajstić information content (AvgIpc) is 3.49. The highest BCUT2D eigenvalue weighted by Crippen LogP contribution is 2.44. The van der Waals surface area contributed by atoms with E-state index < -0.39 is 0 Å². The monoisotopic (exact) mass is 614 g/mol. The zero-order valence-corrected chi connectivity index (χ0v) is 25.5. The van der Waals surface area contributed by atoms with Gasteiger partial charge in [0, 0.05) is 28.3 Å². The topological polar surface area (TPSA) is 51.6 Å². The lowest BCUT2D eigenvalue weighted by atomic mass is 9.96. The van der Waals surface area contributed by atoms with Crippen molar-refractivity contribution in [3.8, 4) is 22.9 Å². The van der Waals surface area contributed by atoms with E-state index in [1.807, 2.05) is 85.1 Å². The zero-order chi connectivity index (χ0) is 29.4. The van der Waals surface area contributed by atoms with Crippen LogP contribution in [0.1, 0.15) is 34.7 Å². The summed E-state index contributed by atoms with van der Waals surface area (Å²) < 4.78 is 13.5. The average molecular weight is 616 g/mol. The van der Waals surface area contributed by atoms with Crippen LogP contribution >= 0.6 is 35.4 Å². The summed E-state index contributed by atoms with van der Waals surface area (Å²) in [5, 5.41) is 5.35. The summed E-state index contributed by atoms with van der Waals surface area (Å²) in [5.74, 6) is 2.22. The van der Waals surface area contributed by atoms with Gasteiger partial charge in [-0.3, -0.25) is 4.98 Å². The molecule has 0 radical (unpaired) electrons. The fourth-order valence-electron chi connectivity index (χ4n) is 5.52. The molecule has 1 aliphatic rings. The van der Waals surface area contributed by atoms with Gasteiger partial charge < -0.3 is 24.3 Å². The van der Waals surface area contributed by atoms with E-state index >= 15 is 0 Å². The molecule has 2 aromatic heterocycles. The summed E-state index contributed by atoms with van der Waals surface area (Å²) in [5.41, 5.74) is 5.93. The summed E-state index contributed by atoms with van der Waals surface area (Å²) in [6, 6.07) is 28.8. The van der Waals surface area contributed by atoms with Crippen molar-refractivity contribution in [3.05, 3.63) is 130 Å². The maximum atomic E-state index is 6.66. The molecule has 1 fully saturated rings. The first-order valence-corrected chi connectivity index (χ1v) is 14.6. The molecule has 0 aliphatic carbocycles. The van der Waals surface area contributed by atoms with E-state index in [9.17, 15) is 0 Å². The molecule has 0 saturated carbocycles. The molecule has 6 rings (SSSR count). The lowest BCUT2D eigenvalue weighted by Crippen LogP contribution is -2.29. The molecule has 1 saturated heterocycles. The number of benzene rings is 3. The Kier molecular flexibility index (Phi) is 7.82. The van der Waals surface area contributed by atoms with Gasteiger partial charge >= 0.3 is 0 Å². The number of thiocarbonyl (C=S) groups is 1. The van der Waals surface area contributed by atoms with Crippen LogP contribution in [0.5, 0.6) is 17.2 Å². The Bertz CT molecular complexity index is 1740. The number of aryl methyl sites for hydroxylation is 1. The standard InChI is InChI=1S/C33H28Cl2N4O2S/c1-20-18-27(21(2)38(20)30-16-7-22(34)19-28(30)35)32-31(29-6-4-5-17-36-29)37-33(42)39(32)23-8-10-25(11-9-23)41-26-14-12-24(40-3)13-15-26/h4-19,31-32H,1-3H3,(H,37,42)/t31-,32-/m0/s1. The fraction of sp³-hybridized carbons (Fsp3) is 0.152. The van der Waals surface area contributed by atoms with Gasteiger partial charge in [-0.15, -0.1) is 0 Å². The van der Waals surface area contributed by atoms with Crippen molar-refractivity contribution in [1.29, 1.82) is 0 Å². The van der Waals surface area contributed by atoms with Gasteiger partial charge in [0.05, 0.1) is 35.6 Å². The molecule has 9 heteroatoms. The summed E-state index contributed by atoms with van der Waals surface area (Å²) in [7, 11) is 1.64. The summed E-state index contributed by atoms with van der Waals surface area (Å²) in [4.78, 5) is 6.85. The Morgan fingerprint density at radius 1 is 0.857 bits per heavy atom. The Morgan fingerprint density at radius 3 is 2.19 bits per heavy atom. The summed E-state index contributed by atoms with van der Waals surface area (Å²) >= 11 is 18.8. The van der Waals surface area contributed by atoms with E-state index in [4.69, 9.17) is 49.9 Å². The number of pyridine rings is 1. The van der Waals surface area contributed by atoms with Crippen LogP contribution < -0.4 is 19.7 Å². The van der Waals surface area contributed by atoms with Gasteiger partial charge in [-0.1, -0.05) is 29.3 Å². The van der Waals surface area contributed by atoms with E-state index in [0.29, 0.717) is 15.2 Å². The lowest BCUT2D eigenvalue weighted by Gasteiger charge is -2.28. The molecule has 212 valence electrons. The van der Waals surface area contributed by atoms with Crippen LogP contribution in [0.25, 0.3) is 5.69 Å². The third-order valence-corrected chi connectivity index (χ3v) is 8.30. The molecule has 1 aliphatic heterocycles. The molecule has 0 spiro atoms. The third-order valence-electron chi connectivity index (χ3n) is 7.45. The molecule has 1 N–H and O–H groups in total. The second-order valence-corrected chi connectivity index (χ2v) is 11.3. The number of nitrogens with one attached hydrogen (secondary N) is 1. The number of methoxy groups -OCH3 is 1. The minimum atomic E-state index is -0.177. The number of nitrogens with zero attached hydrogens (tertiary/aromatic N) is 3. The number of ether oxygens (including phenoxy) is 2. The SMILES string of the molecule is COc1ccc(Oc2ccc(N3C(=S)N[C@@H](c4ccccn4)[C@@H]3c3cc(C)n(-c4ccc(Cl)cc4Cl)c3C)cc2)cc1. The van der Waals surface area contributed by atoms with Crippen LogP contribution in [0.3, 0.4) is 0 Å². The molecule has 3 heterocycles. The number of anilines is 1. The van der Waals surface area contributed by atoms with Gasteiger partial charge in [-0.05, 0) is 117 Å². The third kappa shape index (κ3) is 5.31. The van der Waals surface area contributed by atoms with E-state index in [1.54, 1.807) is 13.2 Å². The van der Waals surface area contributed by atoms with Crippen LogP contribution in [0.4, 0.5) is 5.69 Å². The zero-order valence-electron chi connectivity index (χ0n) is 23.2. The van der Waals surface area contributed by atoms with E-state index in [2.05, 4.69) is 34.7 Å². The molecular formula is C33H28Cl2N4O2S. The molecule has 0 bridgehead atoms. The number of aromatic nitrogens is 2. The molecule has 2 atom stereocenters. The van der Waals surface area contributed by atoms with Crippen LogP contribution in [0.2, 0.25) is 10.0 Å². The van der Waals surface area contributed by atoms with Crippen molar-refractivity contribution in [1.82, 2.24) is 14.9 Å². The Labute approximate surface area is 260 Å². The Balaban J connectivity index is 1.39. The smallest absolute Gasteiger partial charge is 0.174 e. The molecular weight excluding hydrogens is 587 g/mol. The highest BCUT2D eigenvalue weighted by molar-refractivity contribution is 7.80. The van der Waals surface area contributed by atoms with Crippen molar-refractivity contribution in [2.24, 2.45) is 0 Å². The van der Waals surface area contributed by atoms with Gasteiger partial charge in [0.15, 0.2) is 5.11 Å². The summed E-state index contributed by atoms with van der Waals surface area (Å²) in [6.07, 6.45) is 1.81. The largest absolute Gasteiger partial charge is 0.497 e. The van der Waals surface area contributed by atoms with E-state index in [1.165, 1.54) is 0 Å². The van der Waals surface area contributed by atoms with Crippen LogP contribution in [-0.2, 0) is 0 Å². The number of hydrogen-bond acceptors (Lipinski definition) is 4. The minimum Gasteiger partial charge on any atom is -0.497 e. The fourth-order valence-corrected chi connectivity index (χ4v) is 6.36. The van der Waals surface area contributed by atoms with Gasteiger partial charge in [0.1, 0.15) is 17.2 Å². The van der Waals surface area contributed by atoms with Crippen molar-refractivity contribution >= 4 is 46.2 Å². The molecule has 5 aromatic rings. The molecule has 0 amide bonds. The van der Waals surface area contributed by atoms with Crippen LogP contribution in [-0.4, -0.2) is 21.8 Å². The first-order valence-electron chi connectivity index (χ1n) is 13.4. The Hall–Kier alpha value is -4.04. The molecule has 0 unspecified atom stereocenters. The van der Waals surface area contributed by atoms with Gasteiger partial charge in [-0.25, -0.2) is 0 Å². The maximum absolute atomic E-state index is 6.66. The number of halogens is 2. The predicted molar refractivity (Wildman–Crippen MR) is 173 cm³/mol. The number of rotatable bonds is 7. The van der Waals surface area contributed by atoms with Crippen molar-refractivity contribution in [2.45, 2.75) is 25.9 Å². The maximum Gasteiger partial charge on any atom is 0.174 e. The van der Waals surface area contributed by atoms with Crippen LogP contribution in [0, 0.1) is 13.8 Å². The van der Waals surface area contributed by atoms with Crippen LogP contribution in [0.15, 0.2) is 97.2 Å². The second kappa shape index (κ2) is 11.7. The van der Waals surface area contributed by atoms with Gasteiger partial charge in [-0.2, -0.15) is 0 Å². The highest BCUT2D eigenvalue weighted by atomic mass is 35.5. The molecule has 42 heavy (non-hydrogen) atoms. The van der Waals surface area contributed by atoms with E-state index in [0.717, 1.165) is 51.3 Å². The molecule has 6 nitrogen and oxygen atoms in total. The van der Waals surface area contributed by atoms with Gasteiger partial charge in [0.2, 0.25) is 0 Å². The van der Waals surface area contributed by atoms with Gasteiger partial charge in [0.25, 0.3) is 0 Å². The van der Waals surface area contributed by atoms with Crippen molar-refractivity contribution < 1.29 is 9.47 Å². The predicted octanol–water partition coefficient (Wildman–Crippen LogP) is 8.77. The Morgan fingerprint density at radius 2 is 1.55 bits per heavy atom. The van der Waals surface area contributed by atoms with Crippen molar-refractivity contribution in [2.75, 3.05) is 12.0 Å². The first-order chi connectivity index (χ1) is 20.3. The minimum absolute atomic E-state index is 0.174. The quantitative estimate of drug-likeness (QED) is 0.185. The lowest BCUT2D eigenvalue weighted by molar-refractivity contribution is 0.413. The number of hydrogen-bond donors (Lipinski definition) is 1. The second-order valence-electron chi connectivity index (χ2n) is 10.0. The van der Waals surface area contributed by atoms with Crippen molar-refractivity contribution in [3.63, 3.8) is 0 Å². The highest BCUT2D eigenvalue weighted by Gasteiger charge is 2.42. The van der Waals surface area contributed by atoms with E-state index in [-0.39, 0.29) is 12.1 Å². The first kappa shape index (κ1) is 28.1. The summed E-state index contributed by atoms with van der Waals surface area (Å²) in [6.45, 7) is 4.18.